The number of aryl methyl sites for hydroxylation is 1. The van der Waals surface area contributed by atoms with Gasteiger partial charge < -0.3 is 10.6 Å². The second-order valence-electron chi connectivity index (χ2n) is 8.15. The van der Waals surface area contributed by atoms with E-state index in [9.17, 15) is 27.2 Å². The number of thioether (sulfide) groups is 1. The molecule has 0 aliphatic heterocycles. The minimum atomic E-state index is -4.62. The van der Waals surface area contributed by atoms with Crippen LogP contribution in [0.1, 0.15) is 27.3 Å². The van der Waals surface area contributed by atoms with Crippen LogP contribution in [0.15, 0.2) is 78.0 Å². The number of hydrogen-bond donors (Lipinski definition) is 2. The molecule has 0 aliphatic rings. The third kappa shape index (κ3) is 6.57. The average Bonchev–Trinajstić information content (AvgIpc) is 3.28. The number of nitrogens with zero attached hydrogens (tertiary/aromatic N) is 3. The predicted octanol–water partition coefficient (Wildman–Crippen LogP) is 5.39. The van der Waals surface area contributed by atoms with Crippen molar-refractivity contribution in [3.8, 4) is 5.69 Å². The van der Waals surface area contributed by atoms with E-state index in [1.54, 1.807) is 10.6 Å². The molecule has 4 rings (SSSR count). The Morgan fingerprint density at radius 2 is 1.74 bits per heavy atom. The number of benzene rings is 3. The van der Waals surface area contributed by atoms with Gasteiger partial charge in [0.15, 0.2) is 11.0 Å². The standard InChI is InChI=1S/C26H21F4N5O2S/c1-16-6-4-9-19(12-16)35-22(14-31-24(37)17-7-5-8-18(27)13-17)33-34-25(35)38-15-23(36)32-21-11-3-2-10-20(21)26(28,29)30/h2-13H,14-15H2,1H3,(H,31,37)(H,32,36). The van der Waals surface area contributed by atoms with Crippen molar-refractivity contribution in [2.45, 2.75) is 24.8 Å². The molecule has 2 N–H and O–H groups in total. The Morgan fingerprint density at radius 3 is 2.47 bits per heavy atom. The van der Waals surface area contributed by atoms with Gasteiger partial charge in [0.2, 0.25) is 5.91 Å². The van der Waals surface area contributed by atoms with Gasteiger partial charge in [-0.2, -0.15) is 13.2 Å². The largest absolute Gasteiger partial charge is 0.418 e. The van der Waals surface area contributed by atoms with Gasteiger partial charge in [-0.3, -0.25) is 14.2 Å². The lowest BCUT2D eigenvalue weighted by molar-refractivity contribution is -0.137. The number of alkyl halides is 3. The van der Waals surface area contributed by atoms with E-state index >= 15 is 0 Å². The summed E-state index contributed by atoms with van der Waals surface area (Å²) in [6, 6.07) is 17.3. The topological polar surface area (TPSA) is 88.9 Å². The Labute approximate surface area is 219 Å². The fourth-order valence-corrected chi connectivity index (χ4v) is 4.35. The quantitative estimate of drug-likeness (QED) is 0.230. The van der Waals surface area contributed by atoms with Gasteiger partial charge in [0.1, 0.15) is 5.82 Å². The van der Waals surface area contributed by atoms with Crippen LogP contribution in [0, 0.1) is 12.7 Å². The summed E-state index contributed by atoms with van der Waals surface area (Å²) in [5.41, 5.74) is 0.444. The van der Waals surface area contributed by atoms with Crippen molar-refractivity contribution in [3.63, 3.8) is 0 Å². The molecule has 0 atom stereocenters. The predicted molar refractivity (Wildman–Crippen MR) is 134 cm³/mol. The molecule has 1 heterocycles. The lowest BCUT2D eigenvalue weighted by Crippen LogP contribution is -2.24. The van der Waals surface area contributed by atoms with E-state index in [4.69, 9.17) is 0 Å². The van der Waals surface area contributed by atoms with Crippen LogP contribution in [0.2, 0.25) is 0 Å². The molecule has 0 radical (unpaired) electrons. The van der Waals surface area contributed by atoms with Gasteiger partial charge in [-0.1, -0.05) is 42.1 Å². The van der Waals surface area contributed by atoms with Crippen LogP contribution in [0.5, 0.6) is 0 Å². The number of nitrogens with one attached hydrogen (secondary N) is 2. The molecule has 4 aromatic rings. The normalized spacial score (nSPS) is 11.3. The van der Waals surface area contributed by atoms with E-state index in [0.29, 0.717) is 16.7 Å². The molecule has 0 saturated carbocycles. The first-order chi connectivity index (χ1) is 18.1. The van der Waals surface area contributed by atoms with Crippen molar-refractivity contribution in [2.75, 3.05) is 11.1 Å². The number of anilines is 1. The minimum Gasteiger partial charge on any atom is -0.345 e. The number of hydrogen-bond acceptors (Lipinski definition) is 5. The van der Waals surface area contributed by atoms with Crippen LogP contribution in [0.4, 0.5) is 23.2 Å². The first-order valence-electron chi connectivity index (χ1n) is 11.3. The molecule has 0 spiro atoms. The van der Waals surface area contributed by atoms with Crippen LogP contribution in [0.3, 0.4) is 0 Å². The zero-order chi connectivity index (χ0) is 27.3. The van der Waals surface area contributed by atoms with Crippen molar-refractivity contribution in [1.29, 1.82) is 0 Å². The molecular formula is C26H21F4N5O2S. The molecule has 0 unspecified atom stereocenters. The third-order valence-electron chi connectivity index (χ3n) is 5.29. The molecular weight excluding hydrogens is 522 g/mol. The summed E-state index contributed by atoms with van der Waals surface area (Å²) in [6.07, 6.45) is -4.62. The van der Waals surface area contributed by atoms with E-state index in [1.165, 1.54) is 36.4 Å². The average molecular weight is 544 g/mol. The smallest absolute Gasteiger partial charge is 0.345 e. The molecule has 0 saturated heterocycles. The number of amides is 2. The SMILES string of the molecule is Cc1cccc(-n2c(CNC(=O)c3cccc(F)c3)nnc2SCC(=O)Nc2ccccc2C(F)(F)F)c1. The van der Waals surface area contributed by atoms with Crippen molar-refractivity contribution < 1.29 is 27.2 Å². The maximum Gasteiger partial charge on any atom is 0.418 e. The Hall–Kier alpha value is -4.19. The molecule has 38 heavy (non-hydrogen) atoms. The van der Waals surface area contributed by atoms with Crippen molar-refractivity contribution in [1.82, 2.24) is 20.1 Å². The van der Waals surface area contributed by atoms with Crippen LogP contribution in [0.25, 0.3) is 5.69 Å². The number of carbonyl (C=O) groups excluding carboxylic acids is 2. The number of carbonyl (C=O) groups is 2. The lowest BCUT2D eigenvalue weighted by atomic mass is 10.1. The Kier molecular flexibility index (Phi) is 8.10. The van der Waals surface area contributed by atoms with E-state index in [2.05, 4.69) is 20.8 Å². The number of halogens is 4. The van der Waals surface area contributed by atoms with Crippen molar-refractivity contribution in [2.24, 2.45) is 0 Å². The second kappa shape index (κ2) is 11.5. The summed E-state index contributed by atoms with van der Waals surface area (Å²) < 4.78 is 54.9. The summed E-state index contributed by atoms with van der Waals surface area (Å²) in [6.45, 7) is 1.83. The highest BCUT2D eigenvalue weighted by Crippen LogP contribution is 2.34. The third-order valence-corrected chi connectivity index (χ3v) is 6.22. The molecule has 0 fully saturated rings. The summed E-state index contributed by atoms with van der Waals surface area (Å²) in [7, 11) is 0. The molecule has 7 nitrogen and oxygen atoms in total. The molecule has 12 heteroatoms. The fraction of sp³-hybridized carbons (Fsp3) is 0.154. The summed E-state index contributed by atoms with van der Waals surface area (Å²) in [5.74, 6) is -1.63. The van der Waals surface area contributed by atoms with Gasteiger partial charge in [0, 0.05) is 11.3 Å². The van der Waals surface area contributed by atoms with Gasteiger partial charge in [0.05, 0.1) is 23.5 Å². The van der Waals surface area contributed by atoms with E-state index in [1.807, 2.05) is 25.1 Å². The maximum atomic E-state index is 13.5. The van der Waals surface area contributed by atoms with Crippen LogP contribution < -0.4 is 10.6 Å². The fourth-order valence-electron chi connectivity index (χ4n) is 3.58. The first kappa shape index (κ1) is 26.9. The van der Waals surface area contributed by atoms with Gasteiger partial charge in [-0.15, -0.1) is 10.2 Å². The van der Waals surface area contributed by atoms with Gasteiger partial charge in [-0.05, 0) is 55.0 Å². The van der Waals surface area contributed by atoms with Crippen LogP contribution >= 0.6 is 11.8 Å². The maximum absolute atomic E-state index is 13.5. The molecule has 3 aromatic carbocycles. The zero-order valence-electron chi connectivity index (χ0n) is 19.9. The Bertz CT molecular complexity index is 1470. The number of aromatic nitrogens is 3. The van der Waals surface area contributed by atoms with Crippen molar-refractivity contribution >= 4 is 29.3 Å². The summed E-state index contributed by atoms with van der Waals surface area (Å²) >= 11 is 0.976. The first-order valence-corrected chi connectivity index (χ1v) is 12.2. The Morgan fingerprint density at radius 1 is 0.974 bits per heavy atom. The van der Waals surface area contributed by atoms with Crippen molar-refractivity contribution in [3.05, 3.63) is 101 Å². The highest BCUT2D eigenvalue weighted by molar-refractivity contribution is 7.99. The van der Waals surface area contributed by atoms with Gasteiger partial charge in [0.25, 0.3) is 5.91 Å². The van der Waals surface area contributed by atoms with Gasteiger partial charge in [-0.25, -0.2) is 4.39 Å². The minimum absolute atomic E-state index is 0.0536. The molecule has 1 aromatic heterocycles. The molecule has 2 amide bonds. The van der Waals surface area contributed by atoms with E-state index < -0.39 is 29.4 Å². The van der Waals surface area contributed by atoms with Crippen LogP contribution in [-0.2, 0) is 17.5 Å². The van der Waals surface area contributed by atoms with E-state index in [0.717, 1.165) is 29.5 Å². The molecule has 0 bridgehead atoms. The highest BCUT2D eigenvalue weighted by Gasteiger charge is 2.33. The molecule has 196 valence electrons. The number of para-hydroxylation sites is 1. The number of rotatable bonds is 8. The molecule has 0 aliphatic carbocycles. The van der Waals surface area contributed by atoms with Crippen LogP contribution in [-0.4, -0.2) is 32.3 Å². The highest BCUT2D eigenvalue weighted by atomic mass is 32.2. The Balaban J connectivity index is 1.52. The monoisotopic (exact) mass is 543 g/mol. The van der Waals surface area contributed by atoms with Gasteiger partial charge >= 0.3 is 6.18 Å². The summed E-state index contributed by atoms with van der Waals surface area (Å²) in [5, 5.41) is 13.5. The summed E-state index contributed by atoms with van der Waals surface area (Å²) in [4.78, 5) is 25.0. The zero-order valence-corrected chi connectivity index (χ0v) is 20.7. The van der Waals surface area contributed by atoms with E-state index in [-0.39, 0.29) is 23.5 Å². The lowest BCUT2D eigenvalue weighted by Gasteiger charge is -2.14. The second-order valence-corrected chi connectivity index (χ2v) is 9.09.